The lowest BCUT2D eigenvalue weighted by molar-refractivity contribution is -0.118. The summed E-state index contributed by atoms with van der Waals surface area (Å²) in [5.41, 5.74) is 2.88. The highest BCUT2D eigenvalue weighted by molar-refractivity contribution is 7.88. The molecule has 0 saturated heterocycles. The molecular weight excluding hydrogens is 348 g/mol. The molecule has 0 unspecified atom stereocenters. The number of carbonyl (C=O) groups excluding carboxylic acids is 1. The molecule has 0 aliphatic heterocycles. The average Bonchev–Trinajstić information content (AvgIpc) is 2.59. The maximum absolute atomic E-state index is 12.8. The van der Waals surface area contributed by atoms with Crippen molar-refractivity contribution in [2.24, 2.45) is 0 Å². The Hall–Kier alpha value is -2.18. The first-order valence-electron chi connectivity index (χ1n) is 8.67. The fourth-order valence-corrected chi connectivity index (χ4v) is 3.56. The molecule has 0 fully saturated rings. The zero-order valence-corrected chi connectivity index (χ0v) is 16.4. The molecule has 0 N–H and O–H groups in total. The Bertz CT molecular complexity index is 835. The summed E-state index contributed by atoms with van der Waals surface area (Å²) in [6.07, 6.45) is 1.71. The topological polar surface area (TPSA) is 57.7 Å². The van der Waals surface area contributed by atoms with Crippen molar-refractivity contribution in [1.29, 1.82) is 0 Å². The highest BCUT2D eigenvalue weighted by atomic mass is 32.2. The Morgan fingerprint density at radius 2 is 1.73 bits per heavy atom. The Balaban J connectivity index is 2.12. The number of nitrogens with zero attached hydrogens (tertiary/aromatic N) is 2. The van der Waals surface area contributed by atoms with Crippen molar-refractivity contribution in [2.45, 2.75) is 20.3 Å². The van der Waals surface area contributed by atoms with Gasteiger partial charge in [-0.3, -0.25) is 4.79 Å². The van der Waals surface area contributed by atoms with Crippen LogP contribution in [-0.4, -0.2) is 44.5 Å². The Morgan fingerprint density at radius 3 is 2.31 bits per heavy atom. The summed E-state index contributed by atoms with van der Waals surface area (Å²) < 4.78 is 25.5. The average molecular weight is 375 g/mol. The number of amides is 1. The highest BCUT2D eigenvalue weighted by Crippen LogP contribution is 2.17. The third kappa shape index (κ3) is 5.68. The summed E-state index contributed by atoms with van der Waals surface area (Å²) in [5.74, 6) is -0.225. The lowest BCUT2D eigenvalue weighted by Crippen LogP contribution is -2.43. The van der Waals surface area contributed by atoms with Crippen molar-refractivity contribution < 1.29 is 13.2 Å². The number of anilines is 1. The molecule has 5 nitrogen and oxygen atoms in total. The maximum Gasteiger partial charge on any atom is 0.242 e. The van der Waals surface area contributed by atoms with E-state index in [2.05, 4.69) is 0 Å². The Morgan fingerprint density at radius 1 is 1.04 bits per heavy atom. The summed E-state index contributed by atoms with van der Waals surface area (Å²) in [6.45, 7) is 4.45. The number of hydrogen-bond donors (Lipinski definition) is 0. The van der Waals surface area contributed by atoms with E-state index in [1.807, 2.05) is 68.4 Å². The van der Waals surface area contributed by atoms with Gasteiger partial charge in [0.15, 0.2) is 0 Å². The number of sulfonamides is 1. The van der Waals surface area contributed by atoms with E-state index in [9.17, 15) is 13.2 Å². The zero-order valence-electron chi connectivity index (χ0n) is 15.6. The first-order valence-corrected chi connectivity index (χ1v) is 10.5. The molecule has 0 spiro atoms. The van der Waals surface area contributed by atoms with Crippen molar-refractivity contribution in [3.8, 4) is 0 Å². The molecule has 0 radical (unpaired) electrons. The molecule has 0 aliphatic carbocycles. The number of hydrogen-bond acceptors (Lipinski definition) is 3. The molecule has 2 rings (SSSR count). The number of carbonyl (C=O) groups is 1. The summed E-state index contributed by atoms with van der Waals surface area (Å²) in [5, 5.41) is 0. The molecule has 0 aliphatic rings. The third-order valence-corrected chi connectivity index (χ3v) is 5.45. The lowest BCUT2D eigenvalue weighted by atomic mass is 10.1. The SMILES string of the molecule is CCN(C(=O)CN(CCc1ccccc1)S(C)(=O)=O)c1cccc(C)c1. The largest absolute Gasteiger partial charge is 0.312 e. The Labute approximate surface area is 156 Å². The molecule has 26 heavy (non-hydrogen) atoms. The summed E-state index contributed by atoms with van der Waals surface area (Å²) in [7, 11) is -3.48. The van der Waals surface area contributed by atoms with E-state index in [-0.39, 0.29) is 19.0 Å². The molecule has 140 valence electrons. The molecule has 0 atom stereocenters. The van der Waals surface area contributed by atoms with E-state index in [1.165, 1.54) is 4.31 Å². The van der Waals surface area contributed by atoms with Gasteiger partial charge in [-0.1, -0.05) is 42.5 Å². The van der Waals surface area contributed by atoms with Crippen LogP contribution in [0.25, 0.3) is 0 Å². The third-order valence-electron chi connectivity index (χ3n) is 4.20. The van der Waals surface area contributed by atoms with Gasteiger partial charge in [0.25, 0.3) is 0 Å². The van der Waals surface area contributed by atoms with Crippen LogP contribution in [0.4, 0.5) is 5.69 Å². The first kappa shape index (κ1) is 20.1. The molecule has 6 heteroatoms. The molecule has 0 aromatic heterocycles. The van der Waals surface area contributed by atoms with Crippen molar-refractivity contribution in [2.75, 3.05) is 30.8 Å². The van der Waals surface area contributed by atoms with Gasteiger partial charge in [0.1, 0.15) is 0 Å². The normalized spacial score (nSPS) is 11.5. The summed E-state index contributed by atoms with van der Waals surface area (Å²) >= 11 is 0. The molecular formula is C20H26N2O3S. The molecule has 0 heterocycles. The molecule has 0 saturated carbocycles. The van der Waals surface area contributed by atoms with Crippen molar-refractivity contribution in [3.63, 3.8) is 0 Å². The van der Waals surface area contributed by atoms with Crippen LogP contribution < -0.4 is 4.90 Å². The van der Waals surface area contributed by atoms with E-state index >= 15 is 0 Å². The van der Waals surface area contributed by atoms with Gasteiger partial charge >= 0.3 is 0 Å². The predicted molar refractivity (Wildman–Crippen MR) is 106 cm³/mol. The van der Waals surface area contributed by atoms with Crippen LogP contribution in [0.15, 0.2) is 54.6 Å². The second-order valence-electron chi connectivity index (χ2n) is 6.31. The van der Waals surface area contributed by atoms with E-state index in [1.54, 1.807) is 4.90 Å². The van der Waals surface area contributed by atoms with Crippen LogP contribution in [0, 0.1) is 6.92 Å². The number of rotatable bonds is 8. The predicted octanol–water partition coefficient (Wildman–Crippen LogP) is 2.85. The number of likely N-dealkylation sites (N-methyl/N-ethyl adjacent to an activating group) is 1. The summed E-state index contributed by atoms with van der Waals surface area (Å²) in [4.78, 5) is 14.4. The molecule has 2 aromatic carbocycles. The van der Waals surface area contributed by atoms with Gasteiger partial charge < -0.3 is 4.90 Å². The zero-order chi connectivity index (χ0) is 19.2. The van der Waals surface area contributed by atoms with Gasteiger partial charge in [-0.15, -0.1) is 0 Å². The van der Waals surface area contributed by atoms with Crippen LogP contribution in [0.3, 0.4) is 0 Å². The highest BCUT2D eigenvalue weighted by Gasteiger charge is 2.23. The van der Waals surface area contributed by atoms with E-state index < -0.39 is 10.0 Å². The van der Waals surface area contributed by atoms with Gasteiger partial charge in [0.05, 0.1) is 12.8 Å². The smallest absolute Gasteiger partial charge is 0.242 e. The number of aryl methyl sites for hydroxylation is 1. The van der Waals surface area contributed by atoms with E-state index in [0.717, 1.165) is 23.1 Å². The minimum Gasteiger partial charge on any atom is -0.312 e. The van der Waals surface area contributed by atoms with Crippen molar-refractivity contribution in [3.05, 3.63) is 65.7 Å². The van der Waals surface area contributed by atoms with Crippen LogP contribution in [-0.2, 0) is 21.2 Å². The second kappa shape index (κ2) is 8.96. The molecule has 1 amide bonds. The minimum absolute atomic E-state index is 0.159. The van der Waals surface area contributed by atoms with Crippen LogP contribution in [0.2, 0.25) is 0 Å². The quantitative estimate of drug-likeness (QED) is 0.714. The molecule has 2 aromatic rings. The van der Waals surface area contributed by atoms with Crippen molar-refractivity contribution >= 4 is 21.6 Å². The van der Waals surface area contributed by atoms with Crippen LogP contribution in [0.5, 0.6) is 0 Å². The van der Waals surface area contributed by atoms with Crippen LogP contribution in [0.1, 0.15) is 18.1 Å². The van der Waals surface area contributed by atoms with Crippen molar-refractivity contribution in [1.82, 2.24) is 4.31 Å². The first-order chi connectivity index (χ1) is 12.3. The fraction of sp³-hybridized carbons (Fsp3) is 0.350. The monoisotopic (exact) mass is 374 g/mol. The fourth-order valence-electron chi connectivity index (χ4n) is 2.80. The Kier molecular flexibility index (Phi) is 6.94. The van der Waals surface area contributed by atoms with Gasteiger partial charge in [-0.25, -0.2) is 8.42 Å². The maximum atomic E-state index is 12.8. The minimum atomic E-state index is -3.48. The number of benzene rings is 2. The van der Waals surface area contributed by atoms with Gasteiger partial charge in [-0.05, 0) is 43.5 Å². The van der Waals surface area contributed by atoms with E-state index in [4.69, 9.17) is 0 Å². The van der Waals surface area contributed by atoms with Gasteiger partial charge in [-0.2, -0.15) is 4.31 Å². The van der Waals surface area contributed by atoms with Gasteiger partial charge in [0.2, 0.25) is 15.9 Å². The second-order valence-corrected chi connectivity index (χ2v) is 8.29. The lowest BCUT2D eigenvalue weighted by Gasteiger charge is -2.26. The summed E-state index contributed by atoms with van der Waals surface area (Å²) in [6, 6.07) is 17.3. The van der Waals surface area contributed by atoms with Gasteiger partial charge in [0, 0.05) is 18.8 Å². The standard InChI is InChI=1S/C20H26N2O3S/c1-4-22(19-12-8-9-17(2)15-19)20(23)16-21(26(3,24)25)14-13-18-10-6-5-7-11-18/h5-12,15H,4,13-14,16H2,1-3H3. The van der Waals surface area contributed by atoms with E-state index in [0.29, 0.717) is 13.0 Å². The molecule has 0 bridgehead atoms. The van der Waals surface area contributed by atoms with Crippen LogP contribution >= 0.6 is 0 Å².